The summed E-state index contributed by atoms with van der Waals surface area (Å²) in [7, 11) is 0. The minimum Gasteiger partial charge on any atom is -0.394 e. The number of nitrogens with zero attached hydrogens (tertiary/aromatic N) is 2. The molecular formula is C12H21N3O2. The van der Waals surface area contributed by atoms with E-state index in [2.05, 4.69) is 10.4 Å². The predicted molar refractivity (Wildman–Crippen MR) is 65.8 cm³/mol. The molecule has 0 radical (unpaired) electrons. The second kappa shape index (κ2) is 5.82. The van der Waals surface area contributed by atoms with Gasteiger partial charge in [-0.25, -0.2) is 0 Å². The molecule has 1 rings (SSSR count). The second-order valence-corrected chi connectivity index (χ2v) is 4.49. The average molecular weight is 239 g/mol. The van der Waals surface area contributed by atoms with E-state index in [0.29, 0.717) is 12.2 Å². The Bertz CT molecular complexity index is 385. The first-order valence-corrected chi connectivity index (χ1v) is 5.95. The Labute approximate surface area is 102 Å². The van der Waals surface area contributed by atoms with Crippen molar-refractivity contribution in [3.63, 3.8) is 0 Å². The average Bonchev–Trinajstić information content (AvgIpc) is 2.66. The van der Waals surface area contributed by atoms with Crippen LogP contribution in [0.3, 0.4) is 0 Å². The summed E-state index contributed by atoms with van der Waals surface area (Å²) in [5, 5.41) is 16.2. The molecule has 1 aromatic heterocycles. The second-order valence-electron chi connectivity index (χ2n) is 4.49. The third kappa shape index (κ3) is 3.30. The molecule has 1 amide bonds. The van der Waals surface area contributed by atoms with Crippen LogP contribution in [0.4, 0.5) is 0 Å². The monoisotopic (exact) mass is 239 g/mol. The minimum absolute atomic E-state index is 0.0529. The van der Waals surface area contributed by atoms with Crippen molar-refractivity contribution in [2.75, 3.05) is 6.61 Å². The fourth-order valence-electron chi connectivity index (χ4n) is 1.63. The van der Waals surface area contributed by atoms with Crippen molar-refractivity contribution in [1.29, 1.82) is 0 Å². The number of carbonyl (C=O) groups excluding carboxylic acids is 1. The highest BCUT2D eigenvalue weighted by atomic mass is 16.3. The van der Waals surface area contributed by atoms with E-state index in [9.17, 15) is 9.90 Å². The van der Waals surface area contributed by atoms with Crippen molar-refractivity contribution in [3.05, 3.63) is 17.5 Å². The largest absolute Gasteiger partial charge is 0.394 e. The van der Waals surface area contributed by atoms with E-state index in [1.807, 2.05) is 27.7 Å². The lowest BCUT2D eigenvalue weighted by Crippen LogP contribution is -2.41. The maximum absolute atomic E-state index is 12.0. The molecule has 17 heavy (non-hydrogen) atoms. The topological polar surface area (TPSA) is 67.2 Å². The molecule has 5 heteroatoms. The SMILES string of the molecule is CCn1nc(C)cc1C(=O)NC(CO)C(C)C. The Hall–Kier alpha value is -1.36. The molecule has 0 bridgehead atoms. The standard InChI is InChI=1S/C12H21N3O2/c1-5-15-11(6-9(4)14-15)12(17)13-10(7-16)8(2)3/h6,8,10,16H,5,7H2,1-4H3,(H,13,17). The highest BCUT2D eigenvalue weighted by molar-refractivity contribution is 5.92. The first-order valence-electron chi connectivity index (χ1n) is 5.95. The van der Waals surface area contributed by atoms with Crippen molar-refractivity contribution in [2.45, 2.75) is 40.3 Å². The lowest BCUT2D eigenvalue weighted by molar-refractivity contribution is 0.0886. The number of hydrogen-bond donors (Lipinski definition) is 2. The number of hydrogen-bond acceptors (Lipinski definition) is 3. The molecule has 1 unspecified atom stereocenters. The van der Waals surface area contributed by atoms with Crippen LogP contribution in [0, 0.1) is 12.8 Å². The normalized spacial score (nSPS) is 12.8. The molecule has 0 aromatic carbocycles. The van der Waals surface area contributed by atoms with Gasteiger partial charge in [0.25, 0.3) is 5.91 Å². The molecule has 1 atom stereocenters. The lowest BCUT2D eigenvalue weighted by atomic mass is 10.1. The van der Waals surface area contributed by atoms with Crippen LogP contribution in [0.2, 0.25) is 0 Å². The van der Waals surface area contributed by atoms with Gasteiger partial charge in [0, 0.05) is 6.54 Å². The van der Waals surface area contributed by atoms with Gasteiger partial charge in [0.1, 0.15) is 5.69 Å². The Morgan fingerprint density at radius 1 is 1.59 bits per heavy atom. The molecule has 0 aliphatic rings. The zero-order valence-corrected chi connectivity index (χ0v) is 10.9. The molecule has 0 aliphatic heterocycles. The molecule has 96 valence electrons. The van der Waals surface area contributed by atoms with E-state index in [-0.39, 0.29) is 24.5 Å². The molecule has 1 heterocycles. The summed E-state index contributed by atoms with van der Waals surface area (Å²) < 4.78 is 1.67. The summed E-state index contributed by atoms with van der Waals surface area (Å²) in [6.07, 6.45) is 0. The van der Waals surface area contributed by atoms with E-state index >= 15 is 0 Å². The number of aromatic nitrogens is 2. The van der Waals surface area contributed by atoms with Crippen molar-refractivity contribution in [1.82, 2.24) is 15.1 Å². The summed E-state index contributed by atoms with van der Waals surface area (Å²) in [4.78, 5) is 12.0. The van der Waals surface area contributed by atoms with Crippen molar-refractivity contribution in [3.8, 4) is 0 Å². The van der Waals surface area contributed by atoms with Gasteiger partial charge in [-0.05, 0) is 25.8 Å². The first-order chi connectivity index (χ1) is 7.99. The minimum atomic E-state index is -0.219. The molecular weight excluding hydrogens is 218 g/mol. The maximum atomic E-state index is 12.0. The summed E-state index contributed by atoms with van der Waals surface area (Å²) in [5.41, 5.74) is 1.37. The predicted octanol–water partition coefficient (Wildman–Crippen LogP) is 0.958. The van der Waals surface area contributed by atoms with Gasteiger partial charge in [-0.15, -0.1) is 0 Å². The molecule has 0 saturated carbocycles. The molecule has 0 fully saturated rings. The van der Waals surface area contributed by atoms with E-state index in [0.717, 1.165) is 5.69 Å². The van der Waals surface area contributed by atoms with Crippen molar-refractivity contribution < 1.29 is 9.90 Å². The van der Waals surface area contributed by atoms with Gasteiger partial charge in [-0.1, -0.05) is 13.8 Å². The van der Waals surface area contributed by atoms with Crippen LogP contribution in [-0.2, 0) is 6.54 Å². The van der Waals surface area contributed by atoms with Gasteiger partial charge in [0.2, 0.25) is 0 Å². The number of aliphatic hydroxyl groups is 1. The lowest BCUT2D eigenvalue weighted by Gasteiger charge is -2.19. The van der Waals surface area contributed by atoms with E-state index < -0.39 is 0 Å². The van der Waals surface area contributed by atoms with Crippen LogP contribution in [0.5, 0.6) is 0 Å². The molecule has 0 spiro atoms. The summed E-state index contributed by atoms with van der Waals surface area (Å²) in [5.74, 6) is 0.0169. The van der Waals surface area contributed by atoms with Gasteiger partial charge in [0.05, 0.1) is 18.3 Å². The van der Waals surface area contributed by atoms with Crippen LogP contribution in [0.25, 0.3) is 0 Å². The van der Waals surface area contributed by atoms with Gasteiger partial charge < -0.3 is 10.4 Å². The fraction of sp³-hybridized carbons (Fsp3) is 0.667. The van der Waals surface area contributed by atoms with Crippen LogP contribution in [-0.4, -0.2) is 33.4 Å². The molecule has 0 aliphatic carbocycles. The van der Waals surface area contributed by atoms with Crippen LogP contribution in [0.1, 0.15) is 37.0 Å². The molecule has 5 nitrogen and oxygen atoms in total. The third-order valence-electron chi connectivity index (χ3n) is 2.75. The van der Waals surface area contributed by atoms with Gasteiger partial charge in [-0.2, -0.15) is 5.10 Å². The Morgan fingerprint density at radius 3 is 2.71 bits per heavy atom. The quantitative estimate of drug-likeness (QED) is 0.804. The smallest absolute Gasteiger partial charge is 0.269 e. The van der Waals surface area contributed by atoms with E-state index in [1.54, 1.807) is 10.7 Å². The van der Waals surface area contributed by atoms with Crippen LogP contribution in [0.15, 0.2) is 6.07 Å². The van der Waals surface area contributed by atoms with E-state index in [1.165, 1.54) is 0 Å². The number of aryl methyl sites for hydroxylation is 2. The first kappa shape index (κ1) is 13.7. The Morgan fingerprint density at radius 2 is 2.24 bits per heavy atom. The van der Waals surface area contributed by atoms with Crippen molar-refractivity contribution in [2.24, 2.45) is 5.92 Å². The number of nitrogens with one attached hydrogen (secondary N) is 1. The summed E-state index contributed by atoms with van der Waals surface area (Å²) >= 11 is 0. The van der Waals surface area contributed by atoms with Gasteiger partial charge in [0.15, 0.2) is 0 Å². The van der Waals surface area contributed by atoms with E-state index in [4.69, 9.17) is 0 Å². The van der Waals surface area contributed by atoms with Gasteiger partial charge >= 0.3 is 0 Å². The zero-order chi connectivity index (χ0) is 13.0. The van der Waals surface area contributed by atoms with Crippen LogP contribution < -0.4 is 5.32 Å². The highest BCUT2D eigenvalue weighted by Crippen LogP contribution is 2.06. The molecule has 2 N–H and O–H groups in total. The van der Waals surface area contributed by atoms with Crippen LogP contribution >= 0.6 is 0 Å². The highest BCUT2D eigenvalue weighted by Gasteiger charge is 2.19. The summed E-state index contributed by atoms with van der Waals surface area (Å²) in [6.45, 7) is 8.32. The van der Waals surface area contributed by atoms with Gasteiger partial charge in [-0.3, -0.25) is 9.48 Å². The third-order valence-corrected chi connectivity index (χ3v) is 2.75. The number of aliphatic hydroxyl groups excluding tert-OH is 1. The Balaban J connectivity index is 2.81. The molecule has 1 aromatic rings. The molecule has 0 saturated heterocycles. The number of amides is 1. The summed E-state index contributed by atoms with van der Waals surface area (Å²) in [6, 6.07) is 1.54. The fourth-order valence-corrected chi connectivity index (χ4v) is 1.63. The maximum Gasteiger partial charge on any atom is 0.269 e. The Kier molecular flexibility index (Phi) is 4.69. The number of rotatable bonds is 5. The van der Waals surface area contributed by atoms with Crippen molar-refractivity contribution >= 4 is 5.91 Å². The number of carbonyl (C=O) groups is 1. The zero-order valence-electron chi connectivity index (χ0n) is 10.9.